The molecule has 0 amide bonds. The van der Waals surface area contributed by atoms with Gasteiger partial charge in [-0.25, -0.2) is 26.7 Å². The smallest absolute Gasteiger partial charge is 0.241 e. The molecule has 0 saturated heterocycles. The molecule has 0 bridgehead atoms. The van der Waals surface area contributed by atoms with Crippen LogP contribution in [0.2, 0.25) is 0 Å². The highest BCUT2D eigenvalue weighted by atomic mass is 32.2. The number of sulfonamides is 1. The van der Waals surface area contributed by atoms with Gasteiger partial charge in [-0.05, 0) is 35.9 Å². The third-order valence-electron chi connectivity index (χ3n) is 2.53. The molecule has 8 heteroatoms. The number of hydrogen-bond donors (Lipinski definition) is 1. The highest BCUT2D eigenvalue weighted by Crippen LogP contribution is 2.24. The van der Waals surface area contributed by atoms with E-state index in [0.717, 1.165) is 24.3 Å². The second-order valence-electron chi connectivity index (χ2n) is 4.20. The fourth-order valence-electron chi connectivity index (χ4n) is 1.68. The molecule has 0 aliphatic rings. The fraction of sp³-hybridized carbons (Fsp3) is 0.0769. The van der Waals surface area contributed by atoms with Crippen LogP contribution in [0.15, 0.2) is 41.3 Å². The quantitative estimate of drug-likeness (QED) is 0.941. The Balaban J connectivity index is 2.28. The van der Waals surface area contributed by atoms with Gasteiger partial charge in [-0.2, -0.15) is 0 Å². The monoisotopic (exact) mass is 317 g/mol. The maximum atomic E-state index is 13.1. The number of rotatable bonds is 4. The van der Waals surface area contributed by atoms with Gasteiger partial charge in [0.15, 0.2) is 0 Å². The van der Waals surface area contributed by atoms with E-state index in [0.29, 0.717) is 12.1 Å². The standard InChI is InChI=1S/C13H10F3NO3S/c14-9-1-2-12(13(6-9)21(17,18)19)20-7-8-3-10(15)5-11(16)4-8/h1-6H,7H2,(H2,17,18,19). The third-order valence-corrected chi connectivity index (χ3v) is 3.46. The van der Waals surface area contributed by atoms with Crippen LogP contribution >= 0.6 is 0 Å². The summed E-state index contributed by atoms with van der Waals surface area (Å²) < 4.78 is 66.9. The lowest BCUT2D eigenvalue weighted by Crippen LogP contribution is -2.14. The predicted molar refractivity (Wildman–Crippen MR) is 68.5 cm³/mol. The van der Waals surface area contributed by atoms with E-state index in [-0.39, 0.29) is 17.9 Å². The molecule has 112 valence electrons. The van der Waals surface area contributed by atoms with Crippen molar-refractivity contribution in [2.45, 2.75) is 11.5 Å². The van der Waals surface area contributed by atoms with Crippen molar-refractivity contribution in [3.63, 3.8) is 0 Å². The summed E-state index contributed by atoms with van der Waals surface area (Å²) in [5.41, 5.74) is 0.150. The average Bonchev–Trinajstić information content (AvgIpc) is 2.35. The normalized spacial score (nSPS) is 11.4. The molecule has 0 heterocycles. The number of ether oxygens (including phenoxy) is 1. The summed E-state index contributed by atoms with van der Waals surface area (Å²) in [6.45, 7) is -0.303. The molecule has 0 unspecified atom stereocenters. The van der Waals surface area contributed by atoms with Gasteiger partial charge >= 0.3 is 0 Å². The molecular formula is C13H10F3NO3S. The average molecular weight is 317 g/mol. The van der Waals surface area contributed by atoms with Gasteiger partial charge in [0.25, 0.3) is 0 Å². The maximum Gasteiger partial charge on any atom is 0.241 e. The van der Waals surface area contributed by atoms with Gasteiger partial charge in [0.2, 0.25) is 10.0 Å². The molecule has 0 atom stereocenters. The van der Waals surface area contributed by atoms with Crippen LogP contribution in [0.5, 0.6) is 5.75 Å². The molecule has 2 rings (SSSR count). The van der Waals surface area contributed by atoms with Crippen molar-refractivity contribution in [1.29, 1.82) is 0 Å². The van der Waals surface area contributed by atoms with E-state index in [9.17, 15) is 21.6 Å². The summed E-state index contributed by atoms with van der Waals surface area (Å²) >= 11 is 0. The third kappa shape index (κ3) is 3.96. The first-order valence-electron chi connectivity index (χ1n) is 5.66. The Morgan fingerprint density at radius 1 is 0.952 bits per heavy atom. The zero-order chi connectivity index (χ0) is 15.6. The van der Waals surface area contributed by atoms with Crippen LogP contribution in [-0.4, -0.2) is 8.42 Å². The summed E-state index contributed by atoms with van der Waals surface area (Å²) in [6, 6.07) is 5.52. The van der Waals surface area contributed by atoms with Gasteiger partial charge in [-0.3, -0.25) is 0 Å². The van der Waals surface area contributed by atoms with Crippen LogP contribution < -0.4 is 9.88 Å². The number of benzene rings is 2. The van der Waals surface area contributed by atoms with Crippen molar-refractivity contribution in [2.24, 2.45) is 5.14 Å². The molecular weight excluding hydrogens is 307 g/mol. The van der Waals surface area contributed by atoms with Gasteiger partial charge < -0.3 is 4.74 Å². The summed E-state index contributed by atoms with van der Waals surface area (Å²) in [7, 11) is -4.19. The zero-order valence-electron chi connectivity index (χ0n) is 10.5. The van der Waals surface area contributed by atoms with E-state index >= 15 is 0 Å². The predicted octanol–water partition coefficient (Wildman–Crippen LogP) is 2.33. The molecule has 0 fully saturated rings. The molecule has 0 aromatic heterocycles. The SMILES string of the molecule is NS(=O)(=O)c1cc(F)ccc1OCc1cc(F)cc(F)c1. The molecule has 0 spiro atoms. The highest BCUT2D eigenvalue weighted by molar-refractivity contribution is 7.89. The Morgan fingerprint density at radius 3 is 2.14 bits per heavy atom. The van der Waals surface area contributed by atoms with Crippen LogP contribution in [0.4, 0.5) is 13.2 Å². The van der Waals surface area contributed by atoms with Crippen LogP contribution in [0, 0.1) is 17.5 Å². The molecule has 0 aliphatic carbocycles. The minimum atomic E-state index is -4.19. The number of primary sulfonamides is 1. The zero-order valence-corrected chi connectivity index (χ0v) is 11.3. The number of nitrogens with two attached hydrogens (primary N) is 1. The molecule has 21 heavy (non-hydrogen) atoms. The summed E-state index contributed by atoms with van der Waals surface area (Å²) in [5.74, 6) is -2.59. The lowest BCUT2D eigenvalue weighted by Gasteiger charge is -2.10. The van der Waals surface area contributed by atoms with Crippen LogP contribution in [-0.2, 0) is 16.6 Å². The largest absolute Gasteiger partial charge is 0.487 e. The maximum absolute atomic E-state index is 13.1. The number of hydrogen-bond acceptors (Lipinski definition) is 3. The van der Waals surface area contributed by atoms with Crippen molar-refractivity contribution >= 4 is 10.0 Å². The lowest BCUT2D eigenvalue weighted by molar-refractivity contribution is 0.296. The van der Waals surface area contributed by atoms with E-state index in [2.05, 4.69) is 0 Å². The molecule has 2 N–H and O–H groups in total. The van der Waals surface area contributed by atoms with E-state index in [1.165, 1.54) is 0 Å². The Morgan fingerprint density at radius 2 is 1.57 bits per heavy atom. The van der Waals surface area contributed by atoms with Gasteiger partial charge in [0.05, 0.1) is 0 Å². The number of halogens is 3. The fourth-order valence-corrected chi connectivity index (χ4v) is 2.36. The summed E-state index contributed by atoms with van der Waals surface area (Å²) in [4.78, 5) is -0.542. The Kier molecular flexibility index (Phi) is 4.19. The van der Waals surface area contributed by atoms with E-state index < -0.39 is 32.4 Å². The highest BCUT2D eigenvalue weighted by Gasteiger charge is 2.16. The van der Waals surface area contributed by atoms with Crippen LogP contribution in [0.1, 0.15) is 5.56 Å². The van der Waals surface area contributed by atoms with Crippen molar-refractivity contribution in [2.75, 3.05) is 0 Å². The first-order valence-corrected chi connectivity index (χ1v) is 7.20. The summed E-state index contributed by atoms with van der Waals surface area (Å²) in [5, 5.41) is 4.95. The first kappa shape index (κ1) is 15.3. The minimum Gasteiger partial charge on any atom is -0.487 e. The Labute approximate surface area is 119 Å². The van der Waals surface area contributed by atoms with E-state index in [1.54, 1.807) is 0 Å². The van der Waals surface area contributed by atoms with Crippen molar-refractivity contribution < 1.29 is 26.3 Å². The molecule has 2 aromatic carbocycles. The molecule has 2 aromatic rings. The molecule has 0 radical (unpaired) electrons. The van der Waals surface area contributed by atoms with Gasteiger partial charge in [0.1, 0.15) is 34.7 Å². The van der Waals surface area contributed by atoms with Gasteiger partial charge in [-0.15, -0.1) is 0 Å². The van der Waals surface area contributed by atoms with Crippen molar-refractivity contribution in [3.05, 3.63) is 59.4 Å². The van der Waals surface area contributed by atoms with E-state index in [1.807, 2.05) is 0 Å². The first-order chi connectivity index (χ1) is 9.75. The minimum absolute atomic E-state index is 0.150. The lowest BCUT2D eigenvalue weighted by atomic mass is 10.2. The van der Waals surface area contributed by atoms with Gasteiger partial charge in [-0.1, -0.05) is 0 Å². The molecule has 0 saturated carbocycles. The Bertz CT molecular complexity index is 758. The Hall–Kier alpha value is -2.06. The molecule has 4 nitrogen and oxygen atoms in total. The van der Waals surface area contributed by atoms with E-state index in [4.69, 9.17) is 9.88 Å². The summed E-state index contributed by atoms with van der Waals surface area (Å²) in [6.07, 6.45) is 0. The van der Waals surface area contributed by atoms with Gasteiger partial charge in [0, 0.05) is 6.07 Å². The second-order valence-corrected chi connectivity index (χ2v) is 5.73. The van der Waals surface area contributed by atoms with Crippen LogP contribution in [0.3, 0.4) is 0 Å². The van der Waals surface area contributed by atoms with Crippen molar-refractivity contribution in [1.82, 2.24) is 0 Å². The molecule has 0 aliphatic heterocycles. The second kappa shape index (κ2) is 5.74. The van der Waals surface area contributed by atoms with Crippen LogP contribution in [0.25, 0.3) is 0 Å². The topological polar surface area (TPSA) is 69.4 Å². The van der Waals surface area contributed by atoms with Crippen molar-refractivity contribution in [3.8, 4) is 5.75 Å².